The van der Waals surface area contributed by atoms with Gasteiger partial charge < -0.3 is 15.4 Å². The molecule has 0 saturated carbocycles. The lowest BCUT2D eigenvalue weighted by Gasteiger charge is -2.18. The van der Waals surface area contributed by atoms with Gasteiger partial charge in [-0.05, 0) is 38.9 Å². The highest BCUT2D eigenvalue weighted by molar-refractivity contribution is 5.73. The molecule has 1 heterocycles. The Hall–Kier alpha value is -1.29. The molecule has 0 bridgehead atoms. The lowest BCUT2D eigenvalue weighted by atomic mass is 9.90. The Kier molecular flexibility index (Phi) is 3.91. The average molecular weight is 210 g/mol. The number of rotatable bonds is 6. The van der Waals surface area contributed by atoms with Gasteiger partial charge in [0.05, 0.1) is 5.41 Å². The highest BCUT2D eigenvalue weighted by Gasteiger charge is 2.25. The molecule has 0 amide bonds. The van der Waals surface area contributed by atoms with Crippen LogP contribution in [0.4, 0.5) is 0 Å². The van der Waals surface area contributed by atoms with Crippen LogP contribution in [-0.4, -0.2) is 22.6 Å². The summed E-state index contributed by atoms with van der Waals surface area (Å²) in [6.45, 7) is 4.94. The maximum absolute atomic E-state index is 10.8. The molecule has 0 aliphatic rings. The fourth-order valence-electron chi connectivity index (χ4n) is 1.21. The van der Waals surface area contributed by atoms with E-state index in [0.29, 0.717) is 13.0 Å². The number of aromatic nitrogens is 1. The second-order valence-electron chi connectivity index (χ2n) is 4.31. The molecule has 84 valence electrons. The summed E-state index contributed by atoms with van der Waals surface area (Å²) >= 11 is 0. The summed E-state index contributed by atoms with van der Waals surface area (Å²) < 4.78 is 0. The predicted octanol–water partition coefficient (Wildman–Crippen LogP) is 1.61. The van der Waals surface area contributed by atoms with Crippen LogP contribution < -0.4 is 5.32 Å². The summed E-state index contributed by atoms with van der Waals surface area (Å²) in [4.78, 5) is 13.9. The summed E-state index contributed by atoms with van der Waals surface area (Å²) in [5.41, 5.74) is 0.464. The molecule has 0 saturated heterocycles. The molecule has 0 unspecified atom stereocenters. The minimum Gasteiger partial charge on any atom is -0.481 e. The highest BCUT2D eigenvalue weighted by Crippen LogP contribution is 2.19. The number of carboxylic acid groups (broad SMARTS) is 1. The van der Waals surface area contributed by atoms with Crippen molar-refractivity contribution >= 4 is 5.97 Å². The molecule has 1 aromatic rings. The van der Waals surface area contributed by atoms with Gasteiger partial charge in [0.2, 0.25) is 0 Å². The number of H-pyrrole nitrogens is 1. The maximum atomic E-state index is 10.8. The molecule has 0 radical (unpaired) electrons. The number of aromatic amines is 1. The van der Waals surface area contributed by atoms with Gasteiger partial charge in [-0.15, -0.1) is 0 Å². The van der Waals surface area contributed by atoms with Gasteiger partial charge in [-0.1, -0.05) is 0 Å². The van der Waals surface area contributed by atoms with Crippen molar-refractivity contribution in [2.45, 2.75) is 26.8 Å². The van der Waals surface area contributed by atoms with Crippen LogP contribution in [0.25, 0.3) is 0 Å². The first-order valence-corrected chi connectivity index (χ1v) is 5.09. The zero-order valence-electron chi connectivity index (χ0n) is 9.21. The standard InChI is InChI=1S/C11H18N2O2/c1-11(2,10(14)15)5-7-12-8-9-4-3-6-13-9/h3-4,6,12-13H,5,7-8H2,1-2H3,(H,14,15). The number of nitrogens with one attached hydrogen (secondary N) is 2. The van der Waals surface area contributed by atoms with Crippen LogP contribution in [0, 0.1) is 5.41 Å². The largest absolute Gasteiger partial charge is 0.481 e. The van der Waals surface area contributed by atoms with Crippen molar-refractivity contribution in [3.63, 3.8) is 0 Å². The van der Waals surface area contributed by atoms with Crippen LogP contribution in [0.1, 0.15) is 26.0 Å². The molecule has 4 heteroatoms. The molecule has 1 rings (SSSR count). The van der Waals surface area contributed by atoms with Crippen LogP contribution in [0.3, 0.4) is 0 Å². The Balaban J connectivity index is 2.19. The van der Waals surface area contributed by atoms with Gasteiger partial charge in [-0.2, -0.15) is 0 Å². The molecule has 4 nitrogen and oxygen atoms in total. The van der Waals surface area contributed by atoms with Crippen molar-refractivity contribution in [1.82, 2.24) is 10.3 Å². The van der Waals surface area contributed by atoms with E-state index in [9.17, 15) is 4.79 Å². The van der Waals surface area contributed by atoms with Crippen molar-refractivity contribution in [3.05, 3.63) is 24.0 Å². The lowest BCUT2D eigenvalue weighted by Crippen LogP contribution is -2.28. The second kappa shape index (κ2) is 4.98. The van der Waals surface area contributed by atoms with Crippen LogP contribution in [0.5, 0.6) is 0 Å². The molecule has 1 aromatic heterocycles. The van der Waals surface area contributed by atoms with Gasteiger partial charge in [-0.25, -0.2) is 0 Å². The van der Waals surface area contributed by atoms with Crippen molar-refractivity contribution < 1.29 is 9.90 Å². The first kappa shape index (κ1) is 11.8. The van der Waals surface area contributed by atoms with Crippen molar-refractivity contribution in [2.75, 3.05) is 6.54 Å². The van der Waals surface area contributed by atoms with Crippen molar-refractivity contribution in [3.8, 4) is 0 Å². The summed E-state index contributed by atoms with van der Waals surface area (Å²) in [5, 5.41) is 12.1. The Morgan fingerprint density at radius 1 is 1.60 bits per heavy atom. The topological polar surface area (TPSA) is 65.1 Å². The zero-order chi connectivity index (χ0) is 11.3. The second-order valence-corrected chi connectivity index (χ2v) is 4.31. The first-order valence-electron chi connectivity index (χ1n) is 5.09. The monoisotopic (exact) mass is 210 g/mol. The number of carbonyl (C=O) groups is 1. The Bertz CT molecular complexity index is 304. The normalized spacial score (nSPS) is 11.6. The fraction of sp³-hybridized carbons (Fsp3) is 0.545. The number of hydrogen-bond acceptors (Lipinski definition) is 2. The van der Waals surface area contributed by atoms with E-state index in [-0.39, 0.29) is 0 Å². The van der Waals surface area contributed by atoms with Gasteiger partial charge >= 0.3 is 5.97 Å². The van der Waals surface area contributed by atoms with Crippen LogP contribution in [0.2, 0.25) is 0 Å². The van der Waals surface area contributed by atoms with Gasteiger partial charge in [0.15, 0.2) is 0 Å². The molecular weight excluding hydrogens is 192 g/mol. The van der Waals surface area contributed by atoms with Crippen LogP contribution in [0.15, 0.2) is 18.3 Å². The van der Waals surface area contributed by atoms with Crippen molar-refractivity contribution in [1.29, 1.82) is 0 Å². The lowest BCUT2D eigenvalue weighted by molar-refractivity contribution is -0.147. The van der Waals surface area contributed by atoms with E-state index in [4.69, 9.17) is 5.11 Å². The van der Waals surface area contributed by atoms with E-state index in [1.807, 2.05) is 18.3 Å². The Labute approximate surface area is 89.7 Å². The SMILES string of the molecule is CC(C)(CCNCc1ccc[nH]1)C(=O)O. The molecule has 15 heavy (non-hydrogen) atoms. The van der Waals surface area contributed by atoms with E-state index in [1.54, 1.807) is 13.8 Å². The number of carboxylic acids is 1. The first-order chi connectivity index (χ1) is 7.02. The van der Waals surface area contributed by atoms with Crippen LogP contribution >= 0.6 is 0 Å². The van der Waals surface area contributed by atoms with E-state index in [0.717, 1.165) is 12.2 Å². The van der Waals surface area contributed by atoms with Gasteiger partial charge in [0, 0.05) is 18.4 Å². The third-order valence-corrected chi connectivity index (χ3v) is 2.48. The quantitative estimate of drug-likeness (QED) is 0.625. The fourth-order valence-corrected chi connectivity index (χ4v) is 1.21. The van der Waals surface area contributed by atoms with Crippen LogP contribution in [-0.2, 0) is 11.3 Å². The molecule has 0 aliphatic carbocycles. The van der Waals surface area contributed by atoms with Gasteiger partial charge in [0.25, 0.3) is 0 Å². The molecule has 0 aliphatic heterocycles. The molecule has 0 spiro atoms. The van der Waals surface area contributed by atoms with E-state index in [2.05, 4.69) is 10.3 Å². The van der Waals surface area contributed by atoms with Gasteiger partial charge in [0.1, 0.15) is 0 Å². The smallest absolute Gasteiger partial charge is 0.309 e. The Morgan fingerprint density at radius 3 is 2.87 bits per heavy atom. The maximum Gasteiger partial charge on any atom is 0.309 e. The summed E-state index contributed by atoms with van der Waals surface area (Å²) in [6.07, 6.45) is 2.50. The molecule has 0 atom stereocenters. The highest BCUT2D eigenvalue weighted by atomic mass is 16.4. The summed E-state index contributed by atoms with van der Waals surface area (Å²) in [5.74, 6) is -0.746. The predicted molar refractivity (Wildman–Crippen MR) is 58.5 cm³/mol. The minimum absolute atomic E-state index is 0.628. The zero-order valence-corrected chi connectivity index (χ0v) is 9.21. The van der Waals surface area contributed by atoms with E-state index in [1.165, 1.54) is 0 Å². The summed E-state index contributed by atoms with van der Waals surface area (Å²) in [6, 6.07) is 3.94. The number of hydrogen-bond donors (Lipinski definition) is 3. The van der Waals surface area contributed by atoms with Crippen molar-refractivity contribution in [2.24, 2.45) is 5.41 Å². The van der Waals surface area contributed by atoms with Gasteiger partial charge in [-0.3, -0.25) is 4.79 Å². The third kappa shape index (κ3) is 3.75. The third-order valence-electron chi connectivity index (χ3n) is 2.48. The van der Waals surface area contributed by atoms with E-state index < -0.39 is 11.4 Å². The summed E-state index contributed by atoms with van der Waals surface area (Å²) in [7, 11) is 0. The number of aliphatic carboxylic acids is 1. The van der Waals surface area contributed by atoms with E-state index >= 15 is 0 Å². The average Bonchev–Trinajstić information content (AvgIpc) is 2.64. The Morgan fingerprint density at radius 2 is 2.33 bits per heavy atom. The molecular formula is C11H18N2O2. The molecule has 0 fully saturated rings. The molecule has 0 aromatic carbocycles. The molecule has 3 N–H and O–H groups in total. The minimum atomic E-state index is -0.746.